The molecular weight excluding hydrogens is 212 g/mol. The van der Waals surface area contributed by atoms with E-state index in [0.717, 1.165) is 25.4 Å². The quantitative estimate of drug-likeness (QED) is 0.831. The monoisotopic (exact) mass is 230 g/mol. The number of anilines is 1. The SMILES string of the molecule is O=C(NCC1CC1)C1CNc2ccccc2C1. The van der Waals surface area contributed by atoms with E-state index in [2.05, 4.69) is 22.8 Å². The molecule has 3 heteroatoms. The van der Waals surface area contributed by atoms with Gasteiger partial charge in [0, 0.05) is 18.8 Å². The second-order valence-electron chi connectivity index (χ2n) is 5.13. The predicted octanol–water partition coefficient (Wildman–Crippen LogP) is 1.80. The minimum absolute atomic E-state index is 0.0867. The van der Waals surface area contributed by atoms with Crippen molar-refractivity contribution in [2.24, 2.45) is 11.8 Å². The fourth-order valence-corrected chi connectivity index (χ4v) is 2.34. The molecule has 0 bridgehead atoms. The standard InChI is InChI=1S/C14H18N2O/c17-14(16-8-10-5-6-10)12-7-11-3-1-2-4-13(11)15-9-12/h1-4,10,12,15H,5-9H2,(H,16,17). The fraction of sp³-hybridized carbons (Fsp3) is 0.500. The lowest BCUT2D eigenvalue weighted by Gasteiger charge is -2.25. The topological polar surface area (TPSA) is 41.1 Å². The highest BCUT2D eigenvalue weighted by molar-refractivity contribution is 5.80. The van der Waals surface area contributed by atoms with Crippen LogP contribution in [0.2, 0.25) is 0 Å². The number of para-hydroxylation sites is 1. The van der Waals surface area contributed by atoms with Gasteiger partial charge in [0.05, 0.1) is 5.92 Å². The van der Waals surface area contributed by atoms with Gasteiger partial charge in [0.25, 0.3) is 0 Å². The van der Waals surface area contributed by atoms with E-state index in [4.69, 9.17) is 0 Å². The van der Waals surface area contributed by atoms with Crippen molar-refractivity contribution in [3.8, 4) is 0 Å². The zero-order valence-electron chi connectivity index (χ0n) is 9.91. The largest absolute Gasteiger partial charge is 0.384 e. The van der Waals surface area contributed by atoms with Crippen LogP contribution in [0.15, 0.2) is 24.3 Å². The Bertz CT molecular complexity index is 426. The first kappa shape index (κ1) is 10.6. The number of benzene rings is 1. The fourth-order valence-electron chi connectivity index (χ4n) is 2.34. The van der Waals surface area contributed by atoms with Gasteiger partial charge in [-0.15, -0.1) is 0 Å². The van der Waals surface area contributed by atoms with Crippen LogP contribution in [-0.4, -0.2) is 19.0 Å². The first-order chi connectivity index (χ1) is 8.33. The zero-order chi connectivity index (χ0) is 11.7. The van der Waals surface area contributed by atoms with Crippen molar-refractivity contribution in [3.05, 3.63) is 29.8 Å². The average molecular weight is 230 g/mol. The van der Waals surface area contributed by atoms with E-state index in [1.165, 1.54) is 24.1 Å². The summed E-state index contributed by atoms with van der Waals surface area (Å²) in [5.74, 6) is 1.05. The molecule has 0 aromatic heterocycles. The molecule has 1 aliphatic heterocycles. The lowest BCUT2D eigenvalue weighted by molar-refractivity contribution is -0.124. The number of nitrogens with one attached hydrogen (secondary N) is 2. The molecule has 2 N–H and O–H groups in total. The second kappa shape index (κ2) is 4.40. The molecule has 0 radical (unpaired) electrons. The number of carbonyl (C=O) groups is 1. The molecule has 1 aromatic carbocycles. The molecule has 17 heavy (non-hydrogen) atoms. The van der Waals surface area contributed by atoms with Crippen molar-refractivity contribution in [1.29, 1.82) is 0 Å². The van der Waals surface area contributed by atoms with E-state index in [0.29, 0.717) is 0 Å². The van der Waals surface area contributed by atoms with Gasteiger partial charge in [-0.3, -0.25) is 4.79 Å². The Hall–Kier alpha value is -1.51. The molecule has 1 aliphatic carbocycles. The molecule has 2 aliphatic rings. The molecule has 3 rings (SSSR count). The third kappa shape index (κ3) is 2.43. The number of carbonyl (C=O) groups excluding carboxylic acids is 1. The van der Waals surface area contributed by atoms with Gasteiger partial charge in [0.1, 0.15) is 0 Å². The van der Waals surface area contributed by atoms with Crippen molar-refractivity contribution in [2.75, 3.05) is 18.4 Å². The molecule has 0 spiro atoms. The Kier molecular flexibility index (Phi) is 2.75. The molecule has 0 saturated heterocycles. The number of amides is 1. The van der Waals surface area contributed by atoms with Crippen molar-refractivity contribution in [3.63, 3.8) is 0 Å². The van der Waals surface area contributed by atoms with Gasteiger partial charge in [0.2, 0.25) is 5.91 Å². The summed E-state index contributed by atoms with van der Waals surface area (Å²) in [7, 11) is 0. The highest BCUT2D eigenvalue weighted by Gasteiger charge is 2.26. The van der Waals surface area contributed by atoms with Crippen molar-refractivity contribution < 1.29 is 4.79 Å². The van der Waals surface area contributed by atoms with E-state index in [-0.39, 0.29) is 11.8 Å². The van der Waals surface area contributed by atoms with Crippen LogP contribution in [0.25, 0.3) is 0 Å². The number of hydrogen-bond donors (Lipinski definition) is 2. The summed E-state index contributed by atoms with van der Waals surface area (Å²) < 4.78 is 0. The summed E-state index contributed by atoms with van der Waals surface area (Å²) in [6.45, 7) is 1.63. The Labute approximate surface area is 102 Å². The van der Waals surface area contributed by atoms with Gasteiger partial charge in [-0.2, -0.15) is 0 Å². The molecule has 3 nitrogen and oxygen atoms in total. The number of rotatable bonds is 3. The Balaban J connectivity index is 1.60. The minimum Gasteiger partial charge on any atom is -0.384 e. The molecule has 90 valence electrons. The lowest BCUT2D eigenvalue weighted by Crippen LogP contribution is -2.38. The summed E-state index contributed by atoms with van der Waals surface area (Å²) >= 11 is 0. The van der Waals surface area contributed by atoms with Crippen LogP contribution in [-0.2, 0) is 11.2 Å². The Morgan fingerprint density at radius 1 is 1.35 bits per heavy atom. The van der Waals surface area contributed by atoms with Crippen LogP contribution in [0.4, 0.5) is 5.69 Å². The summed E-state index contributed by atoms with van der Waals surface area (Å²) in [6.07, 6.45) is 3.43. The van der Waals surface area contributed by atoms with Crippen LogP contribution >= 0.6 is 0 Å². The molecule has 1 amide bonds. The Morgan fingerprint density at radius 3 is 3.00 bits per heavy atom. The van der Waals surface area contributed by atoms with Crippen LogP contribution in [0.1, 0.15) is 18.4 Å². The zero-order valence-corrected chi connectivity index (χ0v) is 9.91. The third-order valence-corrected chi connectivity index (χ3v) is 3.66. The van der Waals surface area contributed by atoms with Gasteiger partial charge < -0.3 is 10.6 Å². The molecule has 1 atom stereocenters. The third-order valence-electron chi connectivity index (χ3n) is 3.66. The predicted molar refractivity (Wildman–Crippen MR) is 67.9 cm³/mol. The first-order valence-electron chi connectivity index (χ1n) is 6.42. The Morgan fingerprint density at radius 2 is 2.18 bits per heavy atom. The van der Waals surface area contributed by atoms with E-state index < -0.39 is 0 Å². The van der Waals surface area contributed by atoms with Gasteiger partial charge in [-0.1, -0.05) is 18.2 Å². The van der Waals surface area contributed by atoms with E-state index in [1.807, 2.05) is 12.1 Å². The summed E-state index contributed by atoms with van der Waals surface area (Å²) in [6, 6.07) is 8.24. The smallest absolute Gasteiger partial charge is 0.225 e. The molecule has 1 saturated carbocycles. The van der Waals surface area contributed by atoms with Crippen molar-refractivity contribution in [2.45, 2.75) is 19.3 Å². The minimum atomic E-state index is 0.0867. The lowest BCUT2D eigenvalue weighted by atomic mass is 9.93. The van der Waals surface area contributed by atoms with Crippen LogP contribution in [0.3, 0.4) is 0 Å². The normalized spacial score (nSPS) is 22.5. The highest BCUT2D eigenvalue weighted by Crippen LogP contribution is 2.28. The second-order valence-corrected chi connectivity index (χ2v) is 5.13. The molecule has 1 heterocycles. The maximum Gasteiger partial charge on any atom is 0.225 e. The average Bonchev–Trinajstić information content (AvgIpc) is 3.19. The maximum atomic E-state index is 12.0. The van der Waals surface area contributed by atoms with E-state index in [1.54, 1.807) is 0 Å². The highest BCUT2D eigenvalue weighted by atomic mass is 16.1. The maximum absolute atomic E-state index is 12.0. The molecule has 1 aromatic rings. The first-order valence-corrected chi connectivity index (χ1v) is 6.42. The van der Waals surface area contributed by atoms with Gasteiger partial charge in [0.15, 0.2) is 0 Å². The number of hydrogen-bond acceptors (Lipinski definition) is 2. The summed E-state index contributed by atoms with van der Waals surface area (Å²) in [4.78, 5) is 12.0. The molecular formula is C14H18N2O. The van der Waals surface area contributed by atoms with Crippen molar-refractivity contribution >= 4 is 11.6 Å². The molecule has 1 fully saturated rings. The van der Waals surface area contributed by atoms with Crippen LogP contribution in [0, 0.1) is 11.8 Å². The van der Waals surface area contributed by atoms with Crippen LogP contribution in [0.5, 0.6) is 0 Å². The molecule has 1 unspecified atom stereocenters. The van der Waals surface area contributed by atoms with Gasteiger partial charge in [-0.05, 0) is 36.8 Å². The van der Waals surface area contributed by atoms with Gasteiger partial charge >= 0.3 is 0 Å². The summed E-state index contributed by atoms with van der Waals surface area (Å²) in [5.41, 5.74) is 2.43. The van der Waals surface area contributed by atoms with Crippen molar-refractivity contribution in [1.82, 2.24) is 5.32 Å². The number of fused-ring (bicyclic) bond motifs is 1. The summed E-state index contributed by atoms with van der Waals surface area (Å²) in [5, 5.41) is 6.40. The van der Waals surface area contributed by atoms with Crippen LogP contribution < -0.4 is 10.6 Å². The van der Waals surface area contributed by atoms with Gasteiger partial charge in [-0.25, -0.2) is 0 Å². The van der Waals surface area contributed by atoms with E-state index in [9.17, 15) is 4.79 Å². The van der Waals surface area contributed by atoms with E-state index >= 15 is 0 Å².